The van der Waals surface area contributed by atoms with Gasteiger partial charge in [0.2, 0.25) is 0 Å². The van der Waals surface area contributed by atoms with Crippen LogP contribution < -0.4 is 10.1 Å². The van der Waals surface area contributed by atoms with Crippen molar-refractivity contribution in [3.63, 3.8) is 0 Å². The van der Waals surface area contributed by atoms with Gasteiger partial charge in [-0.15, -0.1) is 0 Å². The van der Waals surface area contributed by atoms with Crippen LogP contribution in [-0.4, -0.2) is 31.6 Å². The molecule has 0 radical (unpaired) electrons. The third-order valence-electron chi connectivity index (χ3n) is 6.94. The summed E-state index contributed by atoms with van der Waals surface area (Å²) in [4.78, 5) is 26.3. The third-order valence-corrected chi connectivity index (χ3v) is 7.23. The number of hydrogen-bond acceptors (Lipinski definition) is 4. The minimum absolute atomic E-state index is 0.0561. The standard InChI is InChI=1S/C34H30ClF4NO4/c1-3-4-16-44-31-15-13-24(25-12-14-29(36)28(35)20-25)19-27(31)32(41)40-30(33(42)43-2)17-21-8-10-22(11-9-21)23-6-5-7-26(18-23)34(37,38)39/h5-15,18-20,30H,3-4,16-17H2,1-2H3,(H,40,41). The van der Waals surface area contributed by atoms with Gasteiger partial charge in [-0.05, 0) is 70.6 Å². The van der Waals surface area contributed by atoms with Crippen molar-refractivity contribution in [3.05, 3.63) is 112 Å². The highest BCUT2D eigenvalue weighted by molar-refractivity contribution is 6.31. The lowest BCUT2D eigenvalue weighted by Crippen LogP contribution is -2.43. The molecule has 230 valence electrons. The van der Waals surface area contributed by atoms with Crippen LogP contribution in [0.1, 0.15) is 41.3 Å². The Balaban J connectivity index is 1.58. The average Bonchev–Trinajstić information content (AvgIpc) is 3.02. The highest BCUT2D eigenvalue weighted by atomic mass is 35.5. The van der Waals surface area contributed by atoms with Crippen LogP contribution in [0.5, 0.6) is 5.75 Å². The van der Waals surface area contributed by atoms with Gasteiger partial charge in [-0.1, -0.05) is 73.5 Å². The SMILES string of the molecule is CCCCOc1ccc(-c2ccc(F)c(Cl)c2)cc1C(=O)NC(Cc1ccc(-c2cccc(C(F)(F)F)c2)cc1)C(=O)OC. The molecule has 44 heavy (non-hydrogen) atoms. The van der Waals surface area contributed by atoms with Crippen molar-refractivity contribution in [2.24, 2.45) is 0 Å². The Morgan fingerprint density at radius 3 is 2.20 bits per heavy atom. The molecule has 0 heterocycles. The molecule has 4 aromatic carbocycles. The van der Waals surface area contributed by atoms with Crippen molar-refractivity contribution < 1.29 is 36.6 Å². The number of ether oxygens (including phenoxy) is 2. The number of hydrogen-bond donors (Lipinski definition) is 1. The monoisotopic (exact) mass is 627 g/mol. The molecule has 0 saturated carbocycles. The fraction of sp³-hybridized carbons (Fsp3) is 0.235. The number of unbranched alkanes of at least 4 members (excludes halogenated alkanes) is 1. The molecule has 1 unspecified atom stereocenters. The summed E-state index contributed by atoms with van der Waals surface area (Å²) in [5, 5.41) is 2.66. The minimum atomic E-state index is -4.46. The van der Waals surface area contributed by atoms with E-state index in [0.29, 0.717) is 40.2 Å². The molecule has 0 bridgehead atoms. The Hall–Kier alpha value is -4.37. The number of methoxy groups -OCH3 is 1. The van der Waals surface area contributed by atoms with E-state index in [9.17, 15) is 27.2 Å². The summed E-state index contributed by atoms with van der Waals surface area (Å²) in [7, 11) is 1.20. The van der Waals surface area contributed by atoms with Crippen molar-refractivity contribution in [2.45, 2.75) is 38.4 Å². The van der Waals surface area contributed by atoms with Crippen LogP contribution in [-0.2, 0) is 22.1 Å². The zero-order chi connectivity index (χ0) is 31.9. The molecule has 1 atom stereocenters. The second-order valence-corrected chi connectivity index (χ2v) is 10.5. The van der Waals surface area contributed by atoms with Crippen LogP contribution in [0.3, 0.4) is 0 Å². The van der Waals surface area contributed by atoms with Crippen molar-refractivity contribution >= 4 is 23.5 Å². The van der Waals surface area contributed by atoms with E-state index in [1.807, 2.05) is 6.92 Å². The zero-order valence-electron chi connectivity index (χ0n) is 24.0. The van der Waals surface area contributed by atoms with Crippen LogP contribution in [0, 0.1) is 5.82 Å². The van der Waals surface area contributed by atoms with Gasteiger partial charge in [0.15, 0.2) is 0 Å². The summed E-state index contributed by atoms with van der Waals surface area (Å²) in [5.74, 6) is -1.54. The number of benzene rings is 4. The van der Waals surface area contributed by atoms with Crippen LogP contribution in [0.15, 0.2) is 84.9 Å². The molecular weight excluding hydrogens is 598 g/mol. The topological polar surface area (TPSA) is 64.6 Å². The first-order valence-electron chi connectivity index (χ1n) is 13.9. The predicted molar refractivity (Wildman–Crippen MR) is 161 cm³/mol. The van der Waals surface area contributed by atoms with Gasteiger partial charge in [0, 0.05) is 6.42 Å². The van der Waals surface area contributed by atoms with Crippen LogP contribution in [0.2, 0.25) is 5.02 Å². The largest absolute Gasteiger partial charge is 0.493 e. The van der Waals surface area contributed by atoms with Gasteiger partial charge in [-0.2, -0.15) is 13.2 Å². The Morgan fingerprint density at radius 1 is 0.886 bits per heavy atom. The summed E-state index contributed by atoms with van der Waals surface area (Å²) in [6.45, 7) is 2.38. The Bertz CT molecular complexity index is 1620. The Labute approximate surface area is 257 Å². The van der Waals surface area contributed by atoms with Gasteiger partial charge in [0.05, 0.1) is 29.9 Å². The first-order valence-corrected chi connectivity index (χ1v) is 14.3. The Kier molecular flexibility index (Phi) is 10.7. The fourth-order valence-electron chi connectivity index (χ4n) is 4.53. The normalized spacial score (nSPS) is 12.0. The number of halogens is 5. The minimum Gasteiger partial charge on any atom is -0.493 e. The maximum Gasteiger partial charge on any atom is 0.416 e. The molecule has 0 aromatic heterocycles. The van der Waals surface area contributed by atoms with E-state index in [1.54, 1.807) is 48.5 Å². The van der Waals surface area contributed by atoms with Gasteiger partial charge >= 0.3 is 12.1 Å². The summed E-state index contributed by atoms with van der Waals surface area (Å²) < 4.78 is 64.1. The number of rotatable bonds is 11. The van der Waals surface area contributed by atoms with Crippen molar-refractivity contribution in [2.75, 3.05) is 13.7 Å². The second-order valence-electron chi connectivity index (χ2n) is 10.1. The molecular formula is C34H30ClF4NO4. The molecule has 0 aliphatic heterocycles. The third kappa shape index (κ3) is 8.17. The van der Waals surface area contributed by atoms with Gasteiger partial charge in [0.25, 0.3) is 5.91 Å². The quantitative estimate of drug-likeness (QED) is 0.103. The number of alkyl halides is 3. The summed E-state index contributed by atoms with van der Waals surface area (Å²) >= 11 is 5.97. The summed E-state index contributed by atoms with van der Waals surface area (Å²) in [6.07, 6.45) is -2.77. The van der Waals surface area contributed by atoms with Gasteiger partial charge in [-0.25, -0.2) is 9.18 Å². The molecule has 10 heteroatoms. The predicted octanol–water partition coefficient (Wildman–Crippen LogP) is 8.52. The first kappa shape index (κ1) is 32.5. The number of carbonyl (C=O) groups excluding carboxylic acids is 2. The number of nitrogens with one attached hydrogen (secondary N) is 1. The molecule has 0 aliphatic rings. The van der Waals surface area contributed by atoms with E-state index < -0.39 is 35.5 Å². The first-order chi connectivity index (χ1) is 21.0. The van der Waals surface area contributed by atoms with Gasteiger partial charge < -0.3 is 14.8 Å². The lowest BCUT2D eigenvalue weighted by atomic mass is 9.98. The highest BCUT2D eigenvalue weighted by Gasteiger charge is 2.30. The summed E-state index contributed by atoms with van der Waals surface area (Å²) in [5.41, 5.74) is 2.17. The van der Waals surface area contributed by atoms with Crippen molar-refractivity contribution in [1.29, 1.82) is 0 Å². The molecule has 5 nitrogen and oxygen atoms in total. The van der Waals surface area contributed by atoms with E-state index in [0.717, 1.165) is 25.0 Å². The number of carbonyl (C=O) groups is 2. The Morgan fingerprint density at radius 2 is 1.55 bits per heavy atom. The van der Waals surface area contributed by atoms with Crippen molar-refractivity contribution in [3.8, 4) is 28.0 Å². The second kappa shape index (κ2) is 14.4. The maximum absolute atomic E-state index is 13.8. The smallest absolute Gasteiger partial charge is 0.416 e. The number of esters is 1. The van der Waals surface area contributed by atoms with Crippen LogP contribution in [0.4, 0.5) is 17.6 Å². The molecule has 4 aromatic rings. The zero-order valence-corrected chi connectivity index (χ0v) is 24.8. The molecule has 0 saturated heterocycles. The van der Waals surface area contributed by atoms with Crippen LogP contribution in [0.25, 0.3) is 22.3 Å². The number of amides is 1. The molecule has 1 amide bonds. The lowest BCUT2D eigenvalue weighted by Gasteiger charge is -2.19. The van der Waals surface area contributed by atoms with E-state index in [4.69, 9.17) is 21.1 Å². The molecule has 0 spiro atoms. The van der Waals surface area contributed by atoms with E-state index >= 15 is 0 Å². The van der Waals surface area contributed by atoms with E-state index in [2.05, 4.69) is 5.32 Å². The summed E-state index contributed by atoms with van der Waals surface area (Å²) in [6, 6.07) is 19.7. The van der Waals surface area contributed by atoms with E-state index in [-0.39, 0.29) is 17.0 Å². The van der Waals surface area contributed by atoms with E-state index in [1.165, 1.54) is 31.4 Å². The van der Waals surface area contributed by atoms with Gasteiger partial charge in [-0.3, -0.25) is 4.79 Å². The van der Waals surface area contributed by atoms with Crippen LogP contribution >= 0.6 is 11.6 Å². The average molecular weight is 628 g/mol. The van der Waals surface area contributed by atoms with Gasteiger partial charge in [0.1, 0.15) is 17.6 Å². The molecule has 1 N–H and O–H groups in total. The maximum atomic E-state index is 13.8. The molecule has 0 fully saturated rings. The molecule has 0 aliphatic carbocycles. The fourth-order valence-corrected chi connectivity index (χ4v) is 4.71. The molecule has 4 rings (SSSR count). The highest BCUT2D eigenvalue weighted by Crippen LogP contribution is 2.33. The van der Waals surface area contributed by atoms with Crippen molar-refractivity contribution in [1.82, 2.24) is 5.32 Å². The lowest BCUT2D eigenvalue weighted by molar-refractivity contribution is -0.143.